The van der Waals surface area contributed by atoms with Crippen LogP contribution in [0.5, 0.6) is 0 Å². The first-order valence-electron chi connectivity index (χ1n) is 8.19. The number of rotatable bonds is 4. The van der Waals surface area contributed by atoms with Crippen LogP contribution in [0.15, 0.2) is 18.2 Å². The Morgan fingerprint density at radius 3 is 2.39 bits per heavy atom. The minimum atomic E-state index is -4.70. The highest BCUT2D eigenvalue weighted by Gasteiger charge is 2.37. The van der Waals surface area contributed by atoms with E-state index in [2.05, 4.69) is 15.8 Å². The Labute approximate surface area is 164 Å². The van der Waals surface area contributed by atoms with Gasteiger partial charge >= 0.3 is 6.18 Å². The number of benzene rings is 1. The Bertz CT molecular complexity index is 890. The normalized spacial score (nSPS) is 13.5. The first kappa shape index (κ1) is 22.2. The highest BCUT2D eigenvalue weighted by atomic mass is 35.5. The number of amides is 1. The van der Waals surface area contributed by atoms with Gasteiger partial charge in [0, 0.05) is 16.7 Å². The third-order valence-electron chi connectivity index (χ3n) is 3.89. The van der Waals surface area contributed by atoms with Gasteiger partial charge in [0.15, 0.2) is 5.69 Å². The third kappa shape index (κ3) is 4.64. The van der Waals surface area contributed by atoms with Crippen LogP contribution in [0.4, 0.5) is 18.9 Å². The van der Waals surface area contributed by atoms with E-state index in [1.54, 1.807) is 27.7 Å². The van der Waals surface area contributed by atoms with Crippen molar-refractivity contribution in [2.45, 2.75) is 45.6 Å². The van der Waals surface area contributed by atoms with Gasteiger partial charge in [-0.3, -0.25) is 15.3 Å². The van der Waals surface area contributed by atoms with Gasteiger partial charge in [-0.25, -0.2) is 5.43 Å². The smallest absolute Gasteiger partial charge is 0.373 e. The highest BCUT2D eigenvalue weighted by Crippen LogP contribution is 2.32. The summed E-state index contributed by atoms with van der Waals surface area (Å²) in [6, 6.07) is 3.60. The van der Waals surface area contributed by atoms with Gasteiger partial charge in [-0.1, -0.05) is 11.6 Å². The summed E-state index contributed by atoms with van der Waals surface area (Å²) < 4.78 is 40.3. The molecule has 1 heterocycles. The van der Waals surface area contributed by atoms with E-state index in [-0.39, 0.29) is 16.9 Å². The number of hydrogen-bond acceptors (Lipinski definition) is 5. The molecule has 0 radical (unpaired) electrons. The van der Waals surface area contributed by atoms with E-state index in [1.807, 2.05) is 0 Å². The lowest BCUT2D eigenvalue weighted by Crippen LogP contribution is -2.31. The Hall–Kier alpha value is -2.14. The van der Waals surface area contributed by atoms with E-state index in [0.29, 0.717) is 16.7 Å². The molecule has 154 valence electrons. The van der Waals surface area contributed by atoms with E-state index < -0.39 is 29.5 Å². The summed E-state index contributed by atoms with van der Waals surface area (Å²) in [5.74, 6) is 4.43. The van der Waals surface area contributed by atoms with Crippen molar-refractivity contribution in [1.29, 1.82) is 0 Å². The van der Waals surface area contributed by atoms with Crippen molar-refractivity contribution < 1.29 is 23.1 Å². The van der Waals surface area contributed by atoms with E-state index in [0.717, 1.165) is 4.68 Å². The number of nitrogens with two attached hydrogens (primary N) is 1. The van der Waals surface area contributed by atoms with Crippen molar-refractivity contribution in [3.05, 3.63) is 45.7 Å². The molecular formula is C17H21ClF3N5O2. The summed E-state index contributed by atoms with van der Waals surface area (Å²) in [7, 11) is 0. The number of aromatic nitrogens is 2. The number of hydrogen-bond donors (Lipinski definition) is 4. The van der Waals surface area contributed by atoms with Gasteiger partial charge < -0.3 is 10.4 Å². The maximum Gasteiger partial charge on any atom is 0.435 e. The molecule has 7 nitrogen and oxygen atoms in total. The molecule has 0 saturated heterocycles. The molecule has 0 fully saturated rings. The molecule has 0 bridgehead atoms. The summed E-state index contributed by atoms with van der Waals surface area (Å²) in [4.78, 5) is 12.8. The van der Waals surface area contributed by atoms with Gasteiger partial charge in [0.1, 0.15) is 11.9 Å². The third-order valence-corrected chi connectivity index (χ3v) is 4.11. The van der Waals surface area contributed by atoms with E-state index in [1.165, 1.54) is 12.1 Å². The zero-order chi connectivity index (χ0) is 21.4. The van der Waals surface area contributed by atoms with Crippen molar-refractivity contribution in [2.75, 3.05) is 5.32 Å². The van der Waals surface area contributed by atoms with Crippen molar-refractivity contribution in [2.24, 2.45) is 5.84 Å². The van der Waals surface area contributed by atoms with E-state index >= 15 is 0 Å². The maximum absolute atomic E-state index is 13.1. The number of carbonyl (C=O) groups is 1. The summed E-state index contributed by atoms with van der Waals surface area (Å²) >= 11 is 5.98. The molecule has 1 aromatic carbocycles. The van der Waals surface area contributed by atoms with Crippen LogP contribution in [0, 0.1) is 6.92 Å². The molecule has 0 spiro atoms. The van der Waals surface area contributed by atoms with Crippen LogP contribution in [0.3, 0.4) is 0 Å². The molecular weight excluding hydrogens is 399 g/mol. The van der Waals surface area contributed by atoms with Crippen molar-refractivity contribution in [1.82, 2.24) is 15.2 Å². The van der Waals surface area contributed by atoms with Crippen molar-refractivity contribution >= 4 is 23.2 Å². The molecule has 0 aliphatic rings. The second-order valence-corrected chi connectivity index (χ2v) is 7.64. The second kappa shape index (κ2) is 7.70. The first-order chi connectivity index (χ1) is 12.8. The fourth-order valence-corrected chi connectivity index (χ4v) is 2.90. The molecule has 1 amide bonds. The maximum atomic E-state index is 13.1. The number of aliphatic hydroxyl groups excluding tert-OH is 1. The van der Waals surface area contributed by atoms with Gasteiger partial charge in [-0.05, 0) is 45.4 Å². The zero-order valence-corrected chi connectivity index (χ0v) is 16.4. The van der Waals surface area contributed by atoms with Crippen molar-refractivity contribution in [3.63, 3.8) is 0 Å². The second-order valence-electron chi connectivity index (χ2n) is 7.21. The molecule has 2 aromatic rings. The largest absolute Gasteiger partial charge is 0.435 e. The van der Waals surface area contributed by atoms with Crippen LogP contribution in [0.2, 0.25) is 5.02 Å². The Balaban J connectivity index is 2.53. The average Bonchev–Trinajstić information content (AvgIpc) is 3.02. The number of hydrazine groups is 1. The van der Waals surface area contributed by atoms with Crippen LogP contribution in [0.25, 0.3) is 0 Å². The van der Waals surface area contributed by atoms with E-state index in [4.69, 9.17) is 17.4 Å². The minimum absolute atomic E-state index is 0.165. The average molecular weight is 420 g/mol. The number of nitrogens with zero attached hydrogens (tertiary/aromatic N) is 2. The van der Waals surface area contributed by atoms with Gasteiger partial charge in [0.2, 0.25) is 0 Å². The van der Waals surface area contributed by atoms with Gasteiger partial charge in [0.05, 0.1) is 11.2 Å². The Morgan fingerprint density at radius 2 is 1.89 bits per heavy atom. The molecule has 5 N–H and O–H groups in total. The SMILES string of the molecule is Cc1cc(Cl)cc(C(O)NN)c1NC(=O)c1cc(C(F)(F)F)nn1C(C)(C)C. The number of anilines is 1. The number of alkyl halides is 3. The Morgan fingerprint density at radius 1 is 1.29 bits per heavy atom. The number of nitrogens with one attached hydrogen (secondary N) is 2. The van der Waals surface area contributed by atoms with Gasteiger partial charge in [0.25, 0.3) is 5.91 Å². The topological polar surface area (TPSA) is 105 Å². The molecule has 1 aromatic heterocycles. The van der Waals surface area contributed by atoms with Crippen LogP contribution in [0.1, 0.15) is 54.3 Å². The predicted molar refractivity (Wildman–Crippen MR) is 98.7 cm³/mol. The quantitative estimate of drug-likeness (QED) is 0.345. The fourth-order valence-electron chi connectivity index (χ4n) is 2.62. The number of aryl methyl sites for hydroxylation is 1. The standard InChI is InChI=1S/C17H21ClF3N5O2/c1-8-5-9(18)6-10(14(27)24-22)13(8)23-15(28)11-7-12(17(19,20)21)25-26(11)16(2,3)4/h5-7,14,24,27H,22H2,1-4H3,(H,23,28). The van der Waals surface area contributed by atoms with Gasteiger partial charge in [-0.15, -0.1) is 0 Å². The predicted octanol–water partition coefficient (Wildman–Crippen LogP) is 3.33. The first-order valence-corrected chi connectivity index (χ1v) is 8.57. The molecule has 2 rings (SSSR count). The van der Waals surface area contributed by atoms with Crippen LogP contribution in [-0.4, -0.2) is 20.8 Å². The highest BCUT2D eigenvalue weighted by molar-refractivity contribution is 6.30. The van der Waals surface area contributed by atoms with Crippen molar-refractivity contribution in [3.8, 4) is 0 Å². The lowest BCUT2D eigenvalue weighted by molar-refractivity contribution is -0.141. The van der Waals surface area contributed by atoms with E-state index in [9.17, 15) is 23.1 Å². The molecule has 1 atom stereocenters. The van der Waals surface area contributed by atoms with Crippen LogP contribution >= 0.6 is 11.6 Å². The fraction of sp³-hybridized carbons (Fsp3) is 0.412. The minimum Gasteiger partial charge on any atom is -0.373 e. The number of halogens is 4. The summed E-state index contributed by atoms with van der Waals surface area (Å²) in [6.07, 6.45) is -6.06. The molecule has 11 heteroatoms. The summed E-state index contributed by atoms with van der Waals surface area (Å²) in [6.45, 7) is 6.49. The molecule has 1 unspecified atom stereocenters. The number of carbonyl (C=O) groups excluding carboxylic acids is 1. The monoisotopic (exact) mass is 419 g/mol. The number of aliphatic hydroxyl groups is 1. The molecule has 0 aliphatic heterocycles. The molecule has 0 aliphatic carbocycles. The molecule has 0 saturated carbocycles. The van der Waals surface area contributed by atoms with Crippen LogP contribution < -0.4 is 16.6 Å². The summed E-state index contributed by atoms with van der Waals surface area (Å²) in [5.41, 5.74) is 0.617. The molecule has 28 heavy (non-hydrogen) atoms. The lowest BCUT2D eigenvalue weighted by atomic mass is 10.1. The van der Waals surface area contributed by atoms with Crippen LogP contribution in [-0.2, 0) is 11.7 Å². The van der Waals surface area contributed by atoms with Gasteiger partial charge in [-0.2, -0.15) is 18.3 Å². The zero-order valence-electron chi connectivity index (χ0n) is 15.6. The lowest BCUT2D eigenvalue weighted by Gasteiger charge is -2.23. The Kier molecular flexibility index (Phi) is 6.10. The summed E-state index contributed by atoms with van der Waals surface area (Å²) in [5, 5.41) is 16.4.